The molecule has 0 aliphatic rings. The zero-order chi connectivity index (χ0) is 15.1. The van der Waals surface area contributed by atoms with Crippen LogP contribution in [-0.2, 0) is 6.54 Å². The van der Waals surface area contributed by atoms with Crippen molar-refractivity contribution in [2.75, 3.05) is 21.1 Å². The summed E-state index contributed by atoms with van der Waals surface area (Å²) < 4.78 is 30.0. The molecule has 0 heterocycles. The minimum atomic E-state index is -3.67. The molecule has 0 N–H and O–H groups in total. The maximum Gasteiger partial charge on any atom is 0.762 e. The summed E-state index contributed by atoms with van der Waals surface area (Å²) in [4.78, 5) is 0. The first-order valence-corrected chi connectivity index (χ1v) is 6.47. The van der Waals surface area contributed by atoms with Gasteiger partial charge in [0.05, 0.1) is 21.1 Å². The van der Waals surface area contributed by atoms with Crippen molar-refractivity contribution >= 4 is 7.54 Å². The van der Waals surface area contributed by atoms with Gasteiger partial charge in [-0.1, -0.05) is 38.1 Å². The molecule has 0 aliphatic carbocycles. The van der Waals surface area contributed by atoms with Crippen LogP contribution in [0.15, 0.2) is 24.3 Å². The predicted molar refractivity (Wildman–Crippen MR) is 78.5 cm³/mol. The molecule has 6 heteroatoms. The lowest BCUT2D eigenvalue weighted by Gasteiger charge is -2.24. The molecule has 0 spiro atoms. The van der Waals surface area contributed by atoms with E-state index in [2.05, 4.69) is 59.3 Å². The number of benzene rings is 1. The minimum absolute atomic E-state index is 0. The highest BCUT2D eigenvalue weighted by Crippen LogP contribution is 2.19. The van der Waals surface area contributed by atoms with Crippen LogP contribution in [0.1, 0.15) is 37.3 Å². The number of halogens is 4. The Morgan fingerprint density at radius 1 is 1.05 bits per heavy atom. The predicted octanol–water partition coefficient (Wildman–Crippen LogP) is 4.44. The van der Waals surface area contributed by atoms with Crippen molar-refractivity contribution in [3.8, 4) is 0 Å². The van der Waals surface area contributed by atoms with Gasteiger partial charge in [0.2, 0.25) is 0 Å². The Balaban J connectivity index is 0. The first kappa shape index (κ1) is 21.3. The van der Waals surface area contributed by atoms with E-state index >= 15 is 0 Å². The molecule has 0 saturated heterocycles. The van der Waals surface area contributed by atoms with Gasteiger partial charge in [-0.15, -0.1) is 0 Å². The molecule has 1 aromatic carbocycles. The van der Waals surface area contributed by atoms with Gasteiger partial charge < -0.3 is 4.48 Å². The summed E-state index contributed by atoms with van der Waals surface area (Å²) in [7, 11) is 3.01. The van der Waals surface area contributed by atoms with Gasteiger partial charge in [-0.3, -0.25) is 17.7 Å². The molecule has 0 aliphatic heterocycles. The summed E-state index contributed by atoms with van der Waals surface area (Å²) in [5.74, 6) is 0.683. The molecule has 1 unspecified atom stereocenters. The van der Waals surface area contributed by atoms with Gasteiger partial charge in [0, 0.05) is 5.56 Å². The van der Waals surface area contributed by atoms with Crippen LogP contribution in [0.2, 0.25) is 0 Å². The van der Waals surface area contributed by atoms with Gasteiger partial charge in [0.25, 0.3) is 0 Å². The number of hydrogen-bond donors (Lipinski definition) is 0. The topological polar surface area (TPSA) is 0 Å². The van der Waals surface area contributed by atoms with Crippen LogP contribution >= 0.6 is 0 Å². The van der Waals surface area contributed by atoms with Crippen LogP contribution in [0, 0.1) is 0 Å². The van der Waals surface area contributed by atoms with Crippen LogP contribution in [0.25, 0.3) is 0 Å². The highest BCUT2D eigenvalue weighted by Gasteiger charge is 2.09. The maximum atomic E-state index is 9.67. The largest absolute Gasteiger partial charge is 0.762 e. The monoisotopic (exact) mass is 294 g/mol. The molecule has 20 heavy (non-hydrogen) atoms. The molecule has 1 rings (SSSR count). The molecule has 0 saturated carbocycles. The molecule has 1 aromatic rings. The lowest BCUT2D eigenvalue weighted by molar-refractivity contribution is -0.884. The molecule has 1 atom stereocenters. The summed E-state index contributed by atoms with van der Waals surface area (Å²) in [5.41, 5.74) is 2.89. The summed E-state index contributed by atoms with van der Waals surface area (Å²) in [6, 6.07) is 9.09. The smallest absolute Gasteiger partial charge is 0.327 e. The number of quaternary nitrogens is 1. The van der Waals surface area contributed by atoms with Crippen LogP contribution in [0.3, 0.4) is 0 Å². The lowest BCUT2D eigenvalue weighted by atomic mass is 9.97. The van der Waals surface area contributed by atoms with E-state index < -0.39 is 7.54 Å². The van der Waals surface area contributed by atoms with Crippen molar-refractivity contribution in [3.63, 3.8) is 0 Å². The number of nitrogens with zero attached hydrogens (tertiary/aromatic N) is 1. The Bertz CT molecular complexity index is 346. The van der Waals surface area contributed by atoms with Crippen molar-refractivity contribution in [3.05, 3.63) is 35.4 Å². The van der Waals surface area contributed by atoms with E-state index in [1.54, 1.807) is 0 Å². The van der Waals surface area contributed by atoms with Crippen LogP contribution in [0.5, 0.6) is 0 Å². The van der Waals surface area contributed by atoms with E-state index in [0.717, 1.165) is 11.0 Å². The molecule has 1 nitrogen and oxygen atoms in total. The van der Waals surface area contributed by atoms with Crippen LogP contribution in [-0.4, -0.2) is 33.2 Å². The zero-order valence-electron chi connectivity index (χ0n) is 12.9. The highest BCUT2D eigenvalue weighted by atomic mass is 19.4. The van der Waals surface area contributed by atoms with Gasteiger partial charge in [-0.2, -0.15) is 0 Å². The maximum absolute atomic E-state index is 9.67. The number of rotatable bonds is 4. The molecule has 0 fully saturated rings. The lowest BCUT2D eigenvalue weighted by Crippen LogP contribution is -2.33. The van der Waals surface area contributed by atoms with E-state index in [1.165, 1.54) is 17.5 Å². The first-order chi connectivity index (χ1) is 8.65. The van der Waals surface area contributed by atoms with Crippen LogP contribution in [0.4, 0.5) is 17.7 Å². The summed E-state index contributed by atoms with van der Waals surface area (Å²) in [6.45, 7) is 5.63. The Morgan fingerprint density at radius 3 is 1.75 bits per heavy atom. The van der Waals surface area contributed by atoms with E-state index in [1.807, 2.05) is 0 Å². The quantitative estimate of drug-likeness (QED) is 0.437. The normalized spacial score (nSPS) is 11.8. The third-order valence-electron chi connectivity index (χ3n) is 2.82. The van der Waals surface area contributed by atoms with Crippen molar-refractivity contribution < 1.29 is 22.1 Å². The second kappa shape index (κ2) is 9.80. The van der Waals surface area contributed by atoms with Gasteiger partial charge in [-0.05, 0) is 17.9 Å². The van der Waals surface area contributed by atoms with E-state index in [9.17, 15) is 12.9 Å². The third-order valence-corrected chi connectivity index (χ3v) is 2.82. The van der Waals surface area contributed by atoms with E-state index in [4.69, 9.17) is 0 Å². The summed E-state index contributed by atoms with van der Waals surface area (Å²) >= 11 is 0. The molecule has 116 valence electrons. The SMILES string of the molecule is CCC(C)c1ccc(C[N+](C)(C)C)cc1.F.FB(F)F. The fourth-order valence-electron chi connectivity index (χ4n) is 1.74. The van der Waals surface area contributed by atoms with E-state index in [0.29, 0.717) is 5.92 Å². The molecule has 0 amide bonds. The average molecular weight is 294 g/mol. The zero-order valence-corrected chi connectivity index (χ0v) is 12.9. The first-order valence-electron chi connectivity index (χ1n) is 6.47. The molecule has 0 aromatic heterocycles. The standard InChI is InChI=1S/C14H24N.BF3.FH/c1-6-12(2)14-9-7-13(8-10-14)11-15(3,4)5;2-1(3)4;/h7-10,12H,6,11H2,1-5H3;;1H/q+1;;. The van der Waals surface area contributed by atoms with Gasteiger partial charge in [0.15, 0.2) is 0 Å². The van der Waals surface area contributed by atoms with E-state index in [-0.39, 0.29) is 4.70 Å². The van der Waals surface area contributed by atoms with Crippen molar-refractivity contribution in [2.45, 2.75) is 32.7 Å². The Kier molecular flexibility index (Phi) is 10.4. The Hall–Kier alpha value is -1.04. The summed E-state index contributed by atoms with van der Waals surface area (Å²) in [6.07, 6.45) is 1.22. The molecule has 0 bridgehead atoms. The van der Waals surface area contributed by atoms with Crippen molar-refractivity contribution in [1.29, 1.82) is 0 Å². The second-order valence-corrected chi connectivity index (χ2v) is 5.75. The Labute approximate surface area is 120 Å². The molecule has 0 radical (unpaired) electrons. The van der Waals surface area contributed by atoms with Gasteiger partial charge >= 0.3 is 7.54 Å². The Morgan fingerprint density at radius 2 is 1.45 bits per heavy atom. The minimum Gasteiger partial charge on any atom is -0.327 e. The van der Waals surface area contributed by atoms with Crippen LogP contribution < -0.4 is 0 Å². The highest BCUT2D eigenvalue weighted by molar-refractivity contribution is 6.33. The van der Waals surface area contributed by atoms with Gasteiger partial charge in [0.1, 0.15) is 6.54 Å². The number of hydrogen-bond acceptors (Lipinski definition) is 0. The summed E-state index contributed by atoms with van der Waals surface area (Å²) in [5, 5.41) is 0. The molecular weight excluding hydrogens is 269 g/mol. The average Bonchev–Trinajstić information content (AvgIpc) is 2.26. The fourth-order valence-corrected chi connectivity index (χ4v) is 1.74. The van der Waals surface area contributed by atoms with Crippen molar-refractivity contribution in [1.82, 2.24) is 0 Å². The van der Waals surface area contributed by atoms with Crippen molar-refractivity contribution in [2.24, 2.45) is 0 Å². The fraction of sp³-hybridized carbons (Fsp3) is 0.571. The van der Waals surface area contributed by atoms with Gasteiger partial charge in [-0.25, -0.2) is 0 Å². The third kappa shape index (κ3) is 10.8. The molecular formula is C14H25BF4N+. The second-order valence-electron chi connectivity index (χ2n) is 5.75.